The van der Waals surface area contributed by atoms with Crippen LogP contribution >= 0.6 is 0 Å². The molecule has 2 atom stereocenters. The Morgan fingerprint density at radius 2 is 0.760 bits per heavy atom. The number of hydrogen-bond acceptors (Lipinski definition) is 3. The first-order chi connectivity index (χ1) is 37.1. The Morgan fingerprint density at radius 3 is 1.29 bits per heavy atom. The first-order valence-corrected chi connectivity index (χ1v) is 25.8. The topological polar surface area (TPSA) is 9.72 Å². The van der Waals surface area contributed by atoms with Gasteiger partial charge in [0.2, 0.25) is 0 Å². The lowest BCUT2D eigenvalue weighted by atomic mass is 9.91. The minimum Gasteiger partial charge on any atom is -0.333 e. The maximum atomic E-state index is 3.93. The molecule has 0 fully saturated rings. The van der Waals surface area contributed by atoms with E-state index in [1.165, 1.54) is 61.1 Å². The van der Waals surface area contributed by atoms with Crippen LogP contribution < -0.4 is 14.7 Å². The number of rotatable bonds is 12. The van der Waals surface area contributed by atoms with Crippen LogP contribution in [0.4, 0.5) is 45.5 Å². The van der Waals surface area contributed by atoms with Crippen molar-refractivity contribution in [3.63, 3.8) is 0 Å². The minimum absolute atomic E-state index is 0.246. The Morgan fingerprint density at radius 1 is 0.347 bits per heavy atom. The van der Waals surface area contributed by atoms with Gasteiger partial charge in [0, 0.05) is 51.4 Å². The van der Waals surface area contributed by atoms with Gasteiger partial charge >= 0.3 is 0 Å². The van der Waals surface area contributed by atoms with Crippen molar-refractivity contribution in [3.05, 3.63) is 309 Å². The summed E-state index contributed by atoms with van der Waals surface area (Å²) in [5.74, 6) is 0.336. The number of anilines is 8. The lowest BCUT2D eigenvalue weighted by Crippen LogP contribution is -2.28. The fourth-order valence-electron chi connectivity index (χ4n) is 11.2. The zero-order valence-electron chi connectivity index (χ0n) is 41.5. The lowest BCUT2D eigenvalue weighted by molar-refractivity contribution is 0.745. The fourth-order valence-corrected chi connectivity index (χ4v) is 11.2. The van der Waals surface area contributed by atoms with E-state index in [0.29, 0.717) is 5.92 Å². The molecule has 0 bridgehead atoms. The molecule has 3 heteroatoms. The fraction of sp³-hybridized carbons (Fsp3) is 0.0278. The van der Waals surface area contributed by atoms with Gasteiger partial charge in [-0.05, 0) is 157 Å². The highest BCUT2D eigenvalue weighted by atomic mass is 15.2. The number of para-hydroxylation sites is 1. The van der Waals surface area contributed by atoms with Crippen LogP contribution in [0.3, 0.4) is 0 Å². The number of allylic oxidation sites excluding steroid dienone is 2. The zero-order chi connectivity index (χ0) is 50.1. The molecule has 0 spiro atoms. The van der Waals surface area contributed by atoms with Gasteiger partial charge in [-0.15, -0.1) is 0 Å². The summed E-state index contributed by atoms with van der Waals surface area (Å²) in [6, 6.07) is 97.2. The van der Waals surface area contributed by atoms with Crippen molar-refractivity contribution in [1.82, 2.24) is 0 Å². The van der Waals surface area contributed by atoms with Gasteiger partial charge in [-0.2, -0.15) is 0 Å². The van der Waals surface area contributed by atoms with Crippen LogP contribution in [-0.2, 0) is 0 Å². The summed E-state index contributed by atoms with van der Waals surface area (Å²) in [5.41, 5.74) is 20.9. The Kier molecular flexibility index (Phi) is 11.9. The number of fused-ring (bicyclic) bond motifs is 4. The highest BCUT2D eigenvalue weighted by Gasteiger charge is 2.37. The maximum absolute atomic E-state index is 3.93. The van der Waals surface area contributed by atoms with Crippen molar-refractivity contribution in [2.45, 2.75) is 12.0 Å². The summed E-state index contributed by atoms with van der Waals surface area (Å²) in [6.45, 7) is 3.93. The van der Waals surface area contributed by atoms with Gasteiger partial charge in [-0.1, -0.05) is 213 Å². The Hall–Kier alpha value is -9.70. The van der Waals surface area contributed by atoms with Crippen molar-refractivity contribution in [2.24, 2.45) is 0 Å². The average Bonchev–Trinajstić information content (AvgIpc) is 3.83. The average molecular weight is 960 g/mol. The monoisotopic (exact) mass is 959 g/mol. The lowest BCUT2D eigenvalue weighted by Gasteiger charge is -2.30. The molecule has 356 valence electrons. The van der Waals surface area contributed by atoms with Gasteiger partial charge in [-0.3, -0.25) is 0 Å². The van der Waals surface area contributed by atoms with E-state index in [1.807, 2.05) is 6.08 Å². The van der Waals surface area contributed by atoms with E-state index < -0.39 is 0 Å². The summed E-state index contributed by atoms with van der Waals surface area (Å²) in [6.07, 6.45) is 10.9. The Bertz CT molecular complexity index is 3850. The molecule has 0 aromatic heterocycles. The SMILES string of the molecule is C=Cc1ccc(-c2ccc(N(c3ccc(-c4ccc(N(c5ccc(-c6ccccc6)cc5)c5ccc(N6c7ccccc7C7C=CC=CC76)cc5)cc4)cc3)c3ccc(-c4cccc5ccccc45)cc3)cc2)cc1. The molecule has 0 amide bonds. The largest absolute Gasteiger partial charge is 0.333 e. The van der Waals surface area contributed by atoms with Crippen molar-refractivity contribution in [2.75, 3.05) is 14.7 Å². The van der Waals surface area contributed by atoms with E-state index >= 15 is 0 Å². The molecular weight excluding hydrogens is 907 g/mol. The highest BCUT2D eigenvalue weighted by molar-refractivity contribution is 5.97. The van der Waals surface area contributed by atoms with Crippen LogP contribution in [0.25, 0.3) is 61.4 Å². The Balaban J connectivity index is 0.821. The van der Waals surface area contributed by atoms with E-state index in [0.717, 1.165) is 50.8 Å². The first kappa shape index (κ1) is 45.2. The van der Waals surface area contributed by atoms with E-state index in [2.05, 4.69) is 313 Å². The van der Waals surface area contributed by atoms with E-state index in [1.54, 1.807) is 0 Å². The van der Waals surface area contributed by atoms with Gasteiger partial charge < -0.3 is 14.7 Å². The standard InChI is InChI=1S/C72H53N3/c1-2-51-23-25-53(26-24-51)55-29-39-60(40-30-55)73(64-45-35-59(36-46-64)68-20-12-16-58-15-6-7-17-67(58)68)61-41-31-56(32-42-61)57-33-43-63(44-34-57)74(62-37-27-54(28-38-62)52-13-4-3-5-14-52)65-47-49-66(50-48-65)75-71-21-10-8-18-69(71)70-19-9-11-22-72(70)75/h2-50,69,71H,1H2. The predicted molar refractivity (Wildman–Crippen MR) is 319 cm³/mol. The van der Waals surface area contributed by atoms with Crippen molar-refractivity contribution < 1.29 is 0 Å². The third kappa shape index (κ3) is 8.71. The maximum Gasteiger partial charge on any atom is 0.0629 e. The zero-order valence-corrected chi connectivity index (χ0v) is 41.5. The molecule has 1 aliphatic heterocycles. The molecular formula is C72H53N3. The second-order valence-electron chi connectivity index (χ2n) is 19.4. The van der Waals surface area contributed by atoms with E-state index in [9.17, 15) is 0 Å². The molecule has 75 heavy (non-hydrogen) atoms. The quantitative estimate of drug-likeness (QED) is 0.121. The molecule has 13 rings (SSSR count). The molecule has 0 saturated heterocycles. The van der Waals surface area contributed by atoms with Crippen LogP contribution in [0.2, 0.25) is 0 Å². The number of benzene rings is 11. The number of hydrogen-bond donors (Lipinski definition) is 0. The molecule has 2 unspecified atom stereocenters. The molecule has 11 aromatic carbocycles. The van der Waals surface area contributed by atoms with Gasteiger partial charge in [0.25, 0.3) is 0 Å². The Labute approximate surface area is 440 Å². The molecule has 0 saturated carbocycles. The smallest absolute Gasteiger partial charge is 0.0629 e. The van der Waals surface area contributed by atoms with Gasteiger partial charge in [0.05, 0.1) is 6.04 Å². The van der Waals surface area contributed by atoms with Crippen LogP contribution in [0, 0.1) is 0 Å². The molecule has 2 aliphatic rings. The van der Waals surface area contributed by atoms with Gasteiger partial charge in [0.15, 0.2) is 0 Å². The van der Waals surface area contributed by atoms with E-state index in [-0.39, 0.29) is 6.04 Å². The molecule has 0 radical (unpaired) electrons. The highest BCUT2D eigenvalue weighted by Crippen LogP contribution is 2.48. The van der Waals surface area contributed by atoms with Crippen molar-refractivity contribution in [3.8, 4) is 44.5 Å². The third-order valence-corrected chi connectivity index (χ3v) is 15.0. The van der Waals surface area contributed by atoms with Crippen molar-refractivity contribution >= 4 is 62.3 Å². The molecule has 1 aliphatic carbocycles. The second kappa shape index (κ2) is 19.7. The predicted octanol–water partition coefficient (Wildman–Crippen LogP) is 19.8. The third-order valence-electron chi connectivity index (χ3n) is 15.0. The minimum atomic E-state index is 0.246. The van der Waals surface area contributed by atoms with Crippen LogP contribution in [0.1, 0.15) is 17.0 Å². The molecule has 3 nitrogen and oxygen atoms in total. The van der Waals surface area contributed by atoms with Crippen LogP contribution in [0.5, 0.6) is 0 Å². The van der Waals surface area contributed by atoms with Crippen LogP contribution in [0.15, 0.2) is 298 Å². The van der Waals surface area contributed by atoms with Crippen LogP contribution in [-0.4, -0.2) is 6.04 Å². The van der Waals surface area contributed by atoms with Gasteiger partial charge in [0.1, 0.15) is 0 Å². The summed E-state index contributed by atoms with van der Waals surface area (Å²) in [7, 11) is 0. The first-order valence-electron chi connectivity index (χ1n) is 25.8. The molecule has 0 N–H and O–H groups in total. The second-order valence-corrected chi connectivity index (χ2v) is 19.4. The van der Waals surface area contributed by atoms with Gasteiger partial charge in [-0.25, -0.2) is 0 Å². The number of nitrogens with zero attached hydrogens (tertiary/aromatic N) is 3. The molecule has 1 heterocycles. The summed E-state index contributed by atoms with van der Waals surface area (Å²) < 4.78 is 0. The summed E-state index contributed by atoms with van der Waals surface area (Å²) >= 11 is 0. The summed E-state index contributed by atoms with van der Waals surface area (Å²) in [4.78, 5) is 7.20. The molecule has 11 aromatic rings. The van der Waals surface area contributed by atoms with E-state index in [4.69, 9.17) is 0 Å². The summed E-state index contributed by atoms with van der Waals surface area (Å²) in [5, 5.41) is 2.49. The van der Waals surface area contributed by atoms with Crippen molar-refractivity contribution in [1.29, 1.82) is 0 Å². The normalized spacial score (nSPS) is 14.3.